The quantitative estimate of drug-likeness (QED) is 0.799. The number of hydrogen-bond donors (Lipinski definition) is 0. The summed E-state index contributed by atoms with van der Waals surface area (Å²) in [5.74, 6) is 0.423. The largest absolute Gasteiger partial charge is 0.473 e. The van der Waals surface area contributed by atoms with E-state index in [4.69, 9.17) is 16.3 Å². The topological polar surface area (TPSA) is 38.2 Å². The zero-order chi connectivity index (χ0) is 10.8. The average Bonchev–Trinajstić information content (AvgIpc) is 2.47. The number of rotatable bonds is 4. The molecular weight excluding hydrogens is 222 g/mol. The minimum Gasteiger partial charge on any atom is -0.473 e. The van der Waals surface area contributed by atoms with Gasteiger partial charge in [0.2, 0.25) is 5.15 Å². The van der Waals surface area contributed by atoms with E-state index in [-0.39, 0.29) is 5.54 Å². The van der Waals surface area contributed by atoms with Gasteiger partial charge in [-0.25, -0.2) is 0 Å². The van der Waals surface area contributed by atoms with E-state index < -0.39 is 0 Å². The first-order valence-electron chi connectivity index (χ1n) is 4.22. The molecule has 0 aliphatic rings. The molecule has 1 aromatic rings. The molecule has 0 radical (unpaired) electrons. The van der Waals surface area contributed by atoms with E-state index in [1.807, 2.05) is 14.1 Å². The van der Waals surface area contributed by atoms with Crippen molar-refractivity contribution in [2.45, 2.75) is 19.4 Å². The predicted octanol–water partition coefficient (Wildman–Crippen LogP) is 1.91. The van der Waals surface area contributed by atoms with Crippen molar-refractivity contribution in [3.63, 3.8) is 0 Å². The van der Waals surface area contributed by atoms with E-state index in [2.05, 4.69) is 27.5 Å². The van der Waals surface area contributed by atoms with Crippen LogP contribution in [0.5, 0.6) is 5.88 Å². The summed E-state index contributed by atoms with van der Waals surface area (Å²) < 4.78 is 13.2. The molecule has 0 amide bonds. The SMILES string of the molecule is CN(C)C(C)(C)COc1nsnc1Cl. The first-order chi connectivity index (χ1) is 6.43. The normalized spacial score (nSPS) is 12.1. The minimum atomic E-state index is -0.0487. The van der Waals surface area contributed by atoms with Gasteiger partial charge in [0, 0.05) is 5.54 Å². The Hall–Kier alpha value is -0.390. The summed E-state index contributed by atoms with van der Waals surface area (Å²) in [5.41, 5.74) is -0.0487. The van der Waals surface area contributed by atoms with Crippen molar-refractivity contribution in [3.05, 3.63) is 5.15 Å². The van der Waals surface area contributed by atoms with Crippen LogP contribution in [0.3, 0.4) is 0 Å². The lowest BCUT2D eigenvalue weighted by molar-refractivity contribution is 0.111. The van der Waals surface area contributed by atoms with E-state index in [1.54, 1.807) is 0 Å². The summed E-state index contributed by atoms with van der Waals surface area (Å²) in [7, 11) is 4.01. The monoisotopic (exact) mass is 235 g/mol. The van der Waals surface area contributed by atoms with Crippen LogP contribution in [0.1, 0.15) is 13.8 Å². The van der Waals surface area contributed by atoms with Crippen LogP contribution in [-0.2, 0) is 0 Å². The zero-order valence-electron chi connectivity index (χ0n) is 8.74. The van der Waals surface area contributed by atoms with Gasteiger partial charge in [-0.15, -0.1) is 4.37 Å². The van der Waals surface area contributed by atoms with Crippen molar-refractivity contribution in [2.24, 2.45) is 0 Å². The maximum atomic E-state index is 5.75. The Labute approximate surface area is 93.2 Å². The van der Waals surface area contributed by atoms with E-state index in [1.165, 1.54) is 0 Å². The third-order valence-corrected chi connectivity index (χ3v) is 3.05. The molecule has 0 fully saturated rings. The van der Waals surface area contributed by atoms with Crippen molar-refractivity contribution in [1.29, 1.82) is 0 Å². The average molecular weight is 236 g/mol. The van der Waals surface area contributed by atoms with Crippen molar-refractivity contribution >= 4 is 23.3 Å². The number of aromatic nitrogens is 2. The third-order valence-electron chi connectivity index (χ3n) is 2.19. The molecule has 0 unspecified atom stereocenters. The van der Waals surface area contributed by atoms with Gasteiger partial charge in [0.05, 0.1) is 11.7 Å². The predicted molar refractivity (Wildman–Crippen MR) is 58.2 cm³/mol. The molecule has 0 N–H and O–H groups in total. The zero-order valence-corrected chi connectivity index (χ0v) is 10.3. The van der Waals surface area contributed by atoms with Gasteiger partial charge < -0.3 is 9.64 Å². The molecule has 0 aliphatic carbocycles. The molecule has 0 saturated heterocycles. The summed E-state index contributed by atoms with van der Waals surface area (Å²) in [4.78, 5) is 2.08. The Morgan fingerprint density at radius 2 is 2.07 bits per heavy atom. The van der Waals surface area contributed by atoms with Crippen molar-refractivity contribution in [3.8, 4) is 5.88 Å². The van der Waals surface area contributed by atoms with Gasteiger partial charge in [-0.05, 0) is 27.9 Å². The molecule has 0 aromatic carbocycles. The second kappa shape index (κ2) is 4.42. The number of likely N-dealkylation sites (N-methyl/N-ethyl adjacent to an activating group) is 1. The maximum Gasteiger partial charge on any atom is 0.265 e. The van der Waals surface area contributed by atoms with Gasteiger partial charge in [0.1, 0.15) is 6.61 Å². The van der Waals surface area contributed by atoms with Crippen LogP contribution in [0, 0.1) is 0 Å². The van der Waals surface area contributed by atoms with Crippen molar-refractivity contribution in [2.75, 3.05) is 20.7 Å². The fraction of sp³-hybridized carbons (Fsp3) is 0.750. The lowest BCUT2D eigenvalue weighted by atomic mass is 10.1. The Kier molecular flexibility index (Phi) is 3.69. The lowest BCUT2D eigenvalue weighted by Gasteiger charge is -2.31. The molecule has 1 heterocycles. The Morgan fingerprint density at radius 1 is 1.43 bits per heavy atom. The molecule has 0 bridgehead atoms. The van der Waals surface area contributed by atoms with Gasteiger partial charge >= 0.3 is 0 Å². The molecule has 0 spiro atoms. The van der Waals surface area contributed by atoms with Crippen LogP contribution in [0.4, 0.5) is 0 Å². The second-order valence-corrected chi connectivity index (χ2v) is 4.74. The summed E-state index contributed by atoms with van der Waals surface area (Å²) in [5, 5.41) is 0.338. The molecule has 14 heavy (non-hydrogen) atoms. The highest BCUT2D eigenvalue weighted by molar-refractivity contribution is 6.99. The fourth-order valence-corrected chi connectivity index (χ4v) is 1.27. The smallest absolute Gasteiger partial charge is 0.265 e. The molecule has 0 atom stereocenters. The van der Waals surface area contributed by atoms with Gasteiger partial charge in [-0.1, -0.05) is 11.6 Å². The summed E-state index contributed by atoms with van der Waals surface area (Å²) in [6.07, 6.45) is 0. The van der Waals surface area contributed by atoms with Gasteiger partial charge in [0.25, 0.3) is 5.88 Å². The molecule has 1 aromatic heterocycles. The summed E-state index contributed by atoms with van der Waals surface area (Å²) >= 11 is 6.80. The van der Waals surface area contributed by atoms with E-state index in [9.17, 15) is 0 Å². The van der Waals surface area contributed by atoms with Crippen LogP contribution in [0.2, 0.25) is 5.15 Å². The maximum absolute atomic E-state index is 5.75. The highest BCUT2D eigenvalue weighted by Crippen LogP contribution is 2.22. The molecular formula is C8H14ClN3OS. The van der Waals surface area contributed by atoms with Crippen LogP contribution >= 0.6 is 23.3 Å². The lowest BCUT2D eigenvalue weighted by Crippen LogP contribution is -2.43. The molecule has 4 nitrogen and oxygen atoms in total. The van der Waals surface area contributed by atoms with Gasteiger partial charge in [0.15, 0.2) is 0 Å². The Bertz CT molecular complexity index is 301. The van der Waals surface area contributed by atoms with Crippen LogP contribution < -0.4 is 4.74 Å². The Morgan fingerprint density at radius 3 is 2.50 bits per heavy atom. The van der Waals surface area contributed by atoms with Crippen LogP contribution in [0.25, 0.3) is 0 Å². The van der Waals surface area contributed by atoms with Crippen LogP contribution in [0.15, 0.2) is 0 Å². The Balaban J connectivity index is 2.53. The number of halogens is 1. The first-order valence-corrected chi connectivity index (χ1v) is 5.32. The summed E-state index contributed by atoms with van der Waals surface area (Å²) in [6, 6.07) is 0. The molecule has 0 saturated carbocycles. The van der Waals surface area contributed by atoms with Crippen molar-refractivity contribution < 1.29 is 4.74 Å². The standard InChI is InChI=1S/C8H14ClN3OS/c1-8(2,12(3)4)5-13-7-6(9)10-14-11-7/h5H2,1-4H3. The fourth-order valence-electron chi connectivity index (χ4n) is 0.630. The minimum absolute atomic E-state index is 0.0487. The second-order valence-electron chi connectivity index (χ2n) is 3.86. The highest BCUT2D eigenvalue weighted by atomic mass is 35.5. The molecule has 0 aliphatic heterocycles. The number of nitrogens with zero attached hydrogens (tertiary/aromatic N) is 3. The van der Waals surface area contributed by atoms with E-state index >= 15 is 0 Å². The number of ether oxygens (including phenoxy) is 1. The van der Waals surface area contributed by atoms with Gasteiger partial charge in [-0.3, -0.25) is 0 Å². The molecule has 1 rings (SSSR count). The third kappa shape index (κ3) is 2.80. The van der Waals surface area contributed by atoms with E-state index in [0.29, 0.717) is 17.6 Å². The highest BCUT2D eigenvalue weighted by Gasteiger charge is 2.22. The summed E-state index contributed by atoms with van der Waals surface area (Å²) in [6.45, 7) is 4.70. The molecule has 80 valence electrons. The van der Waals surface area contributed by atoms with E-state index in [0.717, 1.165) is 11.7 Å². The van der Waals surface area contributed by atoms with Gasteiger partial charge in [-0.2, -0.15) is 4.37 Å². The number of hydrogen-bond acceptors (Lipinski definition) is 5. The molecule has 6 heteroatoms. The first kappa shape index (κ1) is 11.7. The van der Waals surface area contributed by atoms with Crippen molar-refractivity contribution in [1.82, 2.24) is 13.6 Å². The van der Waals surface area contributed by atoms with Crippen LogP contribution in [-0.4, -0.2) is 39.9 Å².